The summed E-state index contributed by atoms with van der Waals surface area (Å²) in [4.78, 5) is 16.9. The molecule has 1 aliphatic rings. The van der Waals surface area contributed by atoms with E-state index in [0.717, 1.165) is 38.1 Å². The maximum absolute atomic E-state index is 12.2. The SMILES string of the molecule is CC(C)CN(CC(=O)Nc1ccc(N2CCN(C)CC2)cc1)S(C)(=O)=O. The number of nitrogens with zero attached hydrogens (tertiary/aromatic N) is 3. The molecule has 0 saturated carbocycles. The molecule has 2 rings (SSSR count). The number of hydrogen-bond donors (Lipinski definition) is 1. The molecule has 8 heteroatoms. The summed E-state index contributed by atoms with van der Waals surface area (Å²) in [5, 5.41) is 2.78. The number of carbonyl (C=O) groups is 1. The highest BCUT2D eigenvalue weighted by Crippen LogP contribution is 2.19. The number of anilines is 2. The van der Waals surface area contributed by atoms with Gasteiger partial charge in [0, 0.05) is 44.1 Å². The van der Waals surface area contributed by atoms with E-state index in [1.165, 1.54) is 4.31 Å². The minimum atomic E-state index is -3.41. The summed E-state index contributed by atoms with van der Waals surface area (Å²) in [6.07, 6.45) is 1.13. The summed E-state index contributed by atoms with van der Waals surface area (Å²) in [6, 6.07) is 7.70. The van der Waals surface area contributed by atoms with Crippen LogP contribution in [0.5, 0.6) is 0 Å². The lowest BCUT2D eigenvalue weighted by atomic mass is 10.2. The third-order valence-electron chi connectivity index (χ3n) is 4.38. The van der Waals surface area contributed by atoms with Crippen molar-refractivity contribution in [1.82, 2.24) is 9.21 Å². The molecule has 1 aliphatic heterocycles. The standard InChI is InChI=1S/C18H30N4O3S/c1-15(2)13-22(26(4,24)25)14-18(23)19-16-5-7-17(8-6-16)21-11-9-20(3)10-12-21/h5-8,15H,9-14H2,1-4H3,(H,19,23). The van der Waals surface area contributed by atoms with Crippen molar-refractivity contribution >= 4 is 27.3 Å². The molecule has 1 aromatic rings. The normalized spacial score (nSPS) is 16.3. The molecule has 0 spiro atoms. The molecule has 1 fully saturated rings. The number of nitrogens with one attached hydrogen (secondary N) is 1. The van der Waals surface area contributed by atoms with Gasteiger partial charge >= 0.3 is 0 Å². The number of rotatable bonds is 7. The van der Waals surface area contributed by atoms with Crippen LogP contribution >= 0.6 is 0 Å². The summed E-state index contributed by atoms with van der Waals surface area (Å²) in [5.74, 6) is -0.177. The van der Waals surface area contributed by atoms with E-state index in [4.69, 9.17) is 0 Å². The lowest BCUT2D eigenvalue weighted by molar-refractivity contribution is -0.116. The molecular weight excluding hydrogens is 352 g/mol. The predicted octanol–water partition coefficient (Wildman–Crippen LogP) is 1.29. The largest absolute Gasteiger partial charge is 0.369 e. The molecule has 146 valence electrons. The highest BCUT2D eigenvalue weighted by molar-refractivity contribution is 7.88. The fourth-order valence-corrected chi connectivity index (χ4v) is 3.83. The number of piperazine rings is 1. The van der Waals surface area contributed by atoms with E-state index in [0.29, 0.717) is 12.2 Å². The quantitative estimate of drug-likeness (QED) is 0.769. The maximum atomic E-state index is 12.2. The Hall–Kier alpha value is -1.64. The average molecular weight is 383 g/mol. The van der Waals surface area contributed by atoms with E-state index in [1.54, 1.807) is 0 Å². The van der Waals surface area contributed by atoms with Crippen LogP contribution in [0.1, 0.15) is 13.8 Å². The summed E-state index contributed by atoms with van der Waals surface area (Å²) in [6.45, 7) is 8.05. The first kappa shape index (κ1) is 20.7. The highest BCUT2D eigenvalue weighted by atomic mass is 32.2. The van der Waals surface area contributed by atoms with Crippen molar-refractivity contribution in [3.8, 4) is 0 Å². The zero-order chi connectivity index (χ0) is 19.3. The Morgan fingerprint density at radius 3 is 2.23 bits per heavy atom. The lowest BCUT2D eigenvalue weighted by Crippen LogP contribution is -2.44. The Bertz CT molecular complexity index is 696. The summed E-state index contributed by atoms with van der Waals surface area (Å²) >= 11 is 0. The van der Waals surface area contributed by atoms with Gasteiger partial charge < -0.3 is 15.1 Å². The first-order chi connectivity index (χ1) is 12.1. The second kappa shape index (κ2) is 8.83. The average Bonchev–Trinajstić information content (AvgIpc) is 2.54. The molecule has 1 N–H and O–H groups in total. The van der Waals surface area contributed by atoms with Crippen LogP contribution in [0.25, 0.3) is 0 Å². The Morgan fingerprint density at radius 1 is 1.15 bits per heavy atom. The molecule has 26 heavy (non-hydrogen) atoms. The van der Waals surface area contributed by atoms with E-state index in [9.17, 15) is 13.2 Å². The van der Waals surface area contributed by atoms with Gasteiger partial charge in [0.25, 0.3) is 0 Å². The molecule has 0 aromatic heterocycles. The van der Waals surface area contributed by atoms with Crippen molar-refractivity contribution in [2.45, 2.75) is 13.8 Å². The zero-order valence-electron chi connectivity index (χ0n) is 16.1. The predicted molar refractivity (Wildman–Crippen MR) is 106 cm³/mol. The summed E-state index contributed by atoms with van der Waals surface area (Å²) in [5.41, 5.74) is 1.81. The van der Waals surface area contributed by atoms with Gasteiger partial charge in [-0.1, -0.05) is 13.8 Å². The van der Waals surface area contributed by atoms with Crippen LogP contribution in [0.4, 0.5) is 11.4 Å². The molecule has 1 saturated heterocycles. The first-order valence-corrected chi connectivity index (χ1v) is 10.8. The fraction of sp³-hybridized carbons (Fsp3) is 0.611. The van der Waals surface area contributed by atoms with Gasteiger partial charge in [-0.3, -0.25) is 4.79 Å². The molecule has 0 bridgehead atoms. The minimum Gasteiger partial charge on any atom is -0.369 e. The van der Waals surface area contributed by atoms with Crippen LogP contribution in [-0.4, -0.2) is 76.1 Å². The van der Waals surface area contributed by atoms with Gasteiger partial charge in [0.05, 0.1) is 12.8 Å². The zero-order valence-corrected chi connectivity index (χ0v) is 16.9. The Balaban J connectivity index is 1.94. The van der Waals surface area contributed by atoms with Crippen molar-refractivity contribution in [1.29, 1.82) is 0 Å². The van der Waals surface area contributed by atoms with Gasteiger partial charge in [-0.05, 0) is 37.2 Å². The van der Waals surface area contributed by atoms with E-state index in [1.807, 2.05) is 38.1 Å². The number of amides is 1. The van der Waals surface area contributed by atoms with E-state index in [-0.39, 0.29) is 18.4 Å². The third-order valence-corrected chi connectivity index (χ3v) is 5.59. The van der Waals surface area contributed by atoms with Crippen LogP contribution in [-0.2, 0) is 14.8 Å². The molecule has 1 amide bonds. The second-order valence-electron chi connectivity index (χ2n) is 7.33. The van der Waals surface area contributed by atoms with Gasteiger partial charge in [-0.15, -0.1) is 0 Å². The van der Waals surface area contributed by atoms with E-state index >= 15 is 0 Å². The molecule has 7 nitrogen and oxygen atoms in total. The molecular formula is C18H30N4O3S. The van der Waals surface area contributed by atoms with Gasteiger partial charge in [0.15, 0.2) is 0 Å². The van der Waals surface area contributed by atoms with E-state index < -0.39 is 10.0 Å². The topological polar surface area (TPSA) is 73.0 Å². The van der Waals surface area contributed by atoms with E-state index in [2.05, 4.69) is 22.2 Å². The Morgan fingerprint density at radius 2 is 1.73 bits per heavy atom. The number of sulfonamides is 1. The summed E-state index contributed by atoms with van der Waals surface area (Å²) < 4.78 is 24.9. The van der Waals surface area contributed by atoms with Crippen molar-refractivity contribution in [3.63, 3.8) is 0 Å². The van der Waals surface area contributed by atoms with Crippen LogP contribution in [0, 0.1) is 5.92 Å². The molecule has 0 radical (unpaired) electrons. The third kappa shape index (κ3) is 6.26. The lowest BCUT2D eigenvalue weighted by Gasteiger charge is -2.34. The second-order valence-corrected chi connectivity index (χ2v) is 9.32. The fourth-order valence-electron chi connectivity index (χ4n) is 2.91. The Labute approximate surface area is 157 Å². The van der Waals surface area contributed by atoms with Crippen molar-refractivity contribution in [2.24, 2.45) is 5.92 Å². The van der Waals surface area contributed by atoms with Crippen molar-refractivity contribution in [2.75, 3.05) is 62.8 Å². The molecule has 0 unspecified atom stereocenters. The van der Waals surface area contributed by atoms with Crippen molar-refractivity contribution in [3.05, 3.63) is 24.3 Å². The van der Waals surface area contributed by atoms with Gasteiger partial charge in [0.1, 0.15) is 0 Å². The van der Waals surface area contributed by atoms with Gasteiger partial charge in [-0.25, -0.2) is 8.42 Å². The maximum Gasteiger partial charge on any atom is 0.239 e. The minimum absolute atomic E-state index is 0.153. The van der Waals surface area contributed by atoms with Crippen LogP contribution in [0.3, 0.4) is 0 Å². The molecule has 0 atom stereocenters. The molecule has 1 heterocycles. The molecule has 0 aliphatic carbocycles. The highest BCUT2D eigenvalue weighted by Gasteiger charge is 2.21. The van der Waals surface area contributed by atoms with Crippen LogP contribution in [0.15, 0.2) is 24.3 Å². The summed E-state index contributed by atoms with van der Waals surface area (Å²) in [7, 11) is -1.29. The Kier molecular flexibility index (Phi) is 7.02. The number of benzene rings is 1. The molecule has 1 aromatic carbocycles. The number of hydrogen-bond acceptors (Lipinski definition) is 5. The monoisotopic (exact) mass is 382 g/mol. The number of likely N-dealkylation sites (N-methyl/N-ethyl adjacent to an activating group) is 1. The van der Waals surface area contributed by atoms with Gasteiger partial charge in [0.2, 0.25) is 15.9 Å². The smallest absolute Gasteiger partial charge is 0.239 e. The number of carbonyl (C=O) groups excluding carboxylic acids is 1. The van der Waals surface area contributed by atoms with Crippen LogP contribution in [0.2, 0.25) is 0 Å². The van der Waals surface area contributed by atoms with Crippen LogP contribution < -0.4 is 10.2 Å². The van der Waals surface area contributed by atoms with Gasteiger partial charge in [-0.2, -0.15) is 4.31 Å². The first-order valence-electron chi connectivity index (χ1n) is 8.93. The van der Waals surface area contributed by atoms with Crippen molar-refractivity contribution < 1.29 is 13.2 Å².